The zero-order valence-electron chi connectivity index (χ0n) is 15.7. The summed E-state index contributed by atoms with van der Waals surface area (Å²) in [6.07, 6.45) is 2.00. The number of halogens is 2. The van der Waals surface area contributed by atoms with Gasteiger partial charge in [0.1, 0.15) is 17.6 Å². The molecule has 0 saturated carbocycles. The quantitative estimate of drug-likeness (QED) is 0.447. The van der Waals surface area contributed by atoms with Crippen LogP contribution in [0.1, 0.15) is 30.1 Å². The number of nitrogens with zero attached hydrogens (tertiary/aromatic N) is 2. The van der Waals surface area contributed by atoms with Gasteiger partial charge in [-0.15, -0.1) is 0 Å². The lowest BCUT2D eigenvalue weighted by Gasteiger charge is -2.18. The molecule has 0 aliphatic heterocycles. The molecule has 0 aliphatic carbocycles. The Morgan fingerprint density at radius 3 is 2.59 bits per heavy atom. The second-order valence-corrected chi connectivity index (χ2v) is 7.55. The third-order valence-corrected chi connectivity index (χ3v) is 5.56. The van der Waals surface area contributed by atoms with E-state index in [0.717, 1.165) is 22.4 Å². The van der Waals surface area contributed by atoms with Crippen molar-refractivity contribution in [2.45, 2.75) is 25.9 Å². The van der Waals surface area contributed by atoms with Gasteiger partial charge in [-0.25, -0.2) is 4.98 Å². The van der Waals surface area contributed by atoms with E-state index in [0.29, 0.717) is 28.8 Å². The van der Waals surface area contributed by atoms with Gasteiger partial charge in [-0.05, 0) is 48.9 Å². The highest BCUT2D eigenvalue weighted by Crippen LogP contribution is 2.29. The van der Waals surface area contributed by atoms with Gasteiger partial charge in [0.15, 0.2) is 0 Å². The maximum Gasteiger partial charge on any atom is 0.243 e. The molecule has 7 heteroatoms. The zero-order valence-corrected chi connectivity index (χ0v) is 17.2. The zero-order chi connectivity index (χ0) is 20.4. The van der Waals surface area contributed by atoms with E-state index in [1.54, 1.807) is 24.5 Å². The van der Waals surface area contributed by atoms with Crippen LogP contribution >= 0.6 is 23.2 Å². The standard InChI is InChI=1S/C22H19Cl2N3O2/c1-14(22(28)25-13-15-6-5-11-29-15)27-20-10-3-2-9-19(20)26-21(27)12-16-17(23)7-4-8-18(16)24/h2-11,14H,12-13H2,1H3,(H,25,28)/t14-/m1/s1. The number of nitrogens with one attached hydrogen (secondary N) is 1. The average Bonchev–Trinajstić information content (AvgIpc) is 3.35. The smallest absolute Gasteiger partial charge is 0.243 e. The second-order valence-electron chi connectivity index (χ2n) is 6.74. The van der Waals surface area contributed by atoms with Gasteiger partial charge in [0, 0.05) is 16.5 Å². The van der Waals surface area contributed by atoms with Crippen molar-refractivity contribution in [1.82, 2.24) is 14.9 Å². The Bertz CT molecular complexity index is 1130. The molecule has 0 saturated heterocycles. The van der Waals surface area contributed by atoms with Crippen LogP contribution in [-0.2, 0) is 17.8 Å². The van der Waals surface area contributed by atoms with Gasteiger partial charge >= 0.3 is 0 Å². The largest absolute Gasteiger partial charge is 0.467 e. The van der Waals surface area contributed by atoms with Gasteiger partial charge in [-0.1, -0.05) is 41.4 Å². The monoisotopic (exact) mass is 427 g/mol. The second kappa shape index (κ2) is 8.31. The van der Waals surface area contributed by atoms with Crippen LogP contribution < -0.4 is 5.32 Å². The number of carbonyl (C=O) groups is 1. The highest BCUT2D eigenvalue weighted by atomic mass is 35.5. The van der Waals surface area contributed by atoms with Crippen LogP contribution in [0.5, 0.6) is 0 Å². The lowest BCUT2D eigenvalue weighted by molar-refractivity contribution is -0.124. The van der Waals surface area contributed by atoms with Gasteiger partial charge in [0.2, 0.25) is 5.91 Å². The normalized spacial score (nSPS) is 12.2. The summed E-state index contributed by atoms with van der Waals surface area (Å²) in [7, 11) is 0. The van der Waals surface area contributed by atoms with E-state index in [2.05, 4.69) is 5.32 Å². The van der Waals surface area contributed by atoms with E-state index in [1.165, 1.54) is 0 Å². The molecule has 2 heterocycles. The molecule has 2 aromatic heterocycles. The molecule has 5 nitrogen and oxygen atoms in total. The van der Waals surface area contributed by atoms with Gasteiger partial charge in [-0.2, -0.15) is 0 Å². The first-order chi connectivity index (χ1) is 14.0. The summed E-state index contributed by atoms with van der Waals surface area (Å²) in [6.45, 7) is 2.18. The predicted molar refractivity (Wildman–Crippen MR) is 114 cm³/mol. The van der Waals surface area contributed by atoms with Crippen molar-refractivity contribution < 1.29 is 9.21 Å². The van der Waals surface area contributed by atoms with Crippen molar-refractivity contribution in [2.75, 3.05) is 0 Å². The molecule has 29 heavy (non-hydrogen) atoms. The number of para-hydroxylation sites is 2. The predicted octanol–water partition coefficient (Wildman–Crippen LogP) is 5.40. The number of imidazole rings is 1. The summed E-state index contributed by atoms with van der Waals surface area (Å²) in [4.78, 5) is 17.6. The molecule has 2 aromatic carbocycles. The maximum atomic E-state index is 12.9. The molecular formula is C22H19Cl2N3O2. The Balaban J connectivity index is 1.68. The van der Waals surface area contributed by atoms with Crippen LogP contribution in [0.25, 0.3) is 11.0 Å². The van der Waals surface area contributed by atoms with Crippen LogP contribution in [0.15, 0.2) is 65.3 Å². The summed E-state index contributed by atoms with van der Waals surface area (Å²) >= 11 is 12.7. The van der Waals surface area contributed by atoms with Gasteiger partial charge in [-0.3, -0.25) is 4.79 Å². The van der Waals surface area contributed by atoms with Gasteiger partial charge in [0.05, 0.1) is 23.8 Å². The first kappa shape index (κ1) is 19.6. The Morgan fingerprint density at radius 1 is 1.10 bits per heavy atom. The van der Waals surface area contributed by atoms with Crippen LogP contribution in [0.3, 0.4) is 0 Å². The minimum atomic E-state index is -0.478. The summed E-state index contributed by atoms with van der Waals surface area (Å²) in [5.41, 5.74) is 2.48. The van der Waals surface area contributed by atoms with E-state index < -0.39 is 6.04 Å². The van der Waals surface area contributed by atoms with Crippen LogP contribution in [0.2, 0.25) is 10.0 Å². The number of carbonyl (C=O) groups excluding carboxylic acids is 1. The maximum absolute atomic E-state index is 12.9. The van der Waals surface area contributed by atoms with Crippen molar-refractivity contribution in [1.29, 1.82) is 0 Å². The fourth-order valence-electron chi connectivity index (χ4n) is 3.36. The molecule has 0 spiro atoms. The van der Waals surface area contributed by atoms with Crippen molar-refractivity contribution in [3.05, 3.63) is 88.1 Å². The van der Waals surface area contributed by atoms with Crippen molar-refractivity contribution in [2.24, 2.45) is 0 Å². The lowest BCUT2D eigenvalue weighted by Crippen LogP contribution is -2.31. The number of hydrogen-bond donors (Lipinski definition) is 1. The Hall–Kier alpha value is -2.76. The SMILES string of the molecule is C[C@H](C(=O)NCc1ccco1)n1c(Cc2c(Cl)cccc2Cl)nc2ccccc21. The summed E-state index contributed by atoms with van der Waals surface area (Å²) < 4.78 is 7.23. The molecular weight excluding hydrogens is 409 g/mol. The molecule has 148 valence electrons. The fraction of sp³-hybridized carbons (Fsp3) is 0.182. The highest BCUT2D eigenvalue weighted by molar-refractivity contribution is 6.36. The highest BCUT2D eigenvalue weighted by Gasteiger charge is 2.22. The van der Waals surface area contributed by atoms with E-state index in [9.17, 15) is 4.79 Å². The van der Waals surface area contributed by atoms with Crippen molar-refractivity contribution in [3.8, 4) is 0 Å². The number of fused-ring (bicyclic) bond motifs is 1. The number of furan rings is 1. The van der Waals surface area contributed by atoms with E-state index >= 15 is 0 Å². The number of amides is 1. The summed E-state index contributed by atoms with van der Waals surface area (Å²) in [5, 5.41) is 4.07. The van der Waals surface area contributed by atoms with Crippen LogP contribution in [0, 0.1) is 0 Å². The molecule has 4 rings (SSSR count). The molecule has 0 aliphatic rings. The average molecular weight is 428 g/mol. The van der Waals surface area contributed by atoms with E-state index in [-0.39, 0.29) is 5.91 Å². The molecule has 4 aromatic rings. The molecule has 0 radical (unpaired) electrons. The number of rotatable bonds is 6. The molecule has 1 N–H and O–H groups in total. The van der Waals surface area contributed by atoms with Gasteiger partial charge in [0.25, 0.3) is 0 Å². The Kier molecular flexibility index (Phi) is 5.60. The van der Waals surface area contributed by atoms with Crippen LogP contribution in [0.4, 0.5) is 0 Å². The molecule has 1 atom stereocenters. The minimum absolute atomic E-state index is 0.129. The molecule has 0 fully saturated rings. The third kappa shape index (κ3) is 4.02. The van der Waals surface area contributed by atoms with Gasteiger partial charge < -0.3 is 14.3 Å². The lowest BCUT2D eigenvalue weighted by atomic mass is 10.1. The Labute approximate surface area is 178 Å². The first-order valence-corrected chi connectivity index (χ1v) is 9.99. The topological polar surface area (TPSA) is 60.1 Å². The molecule has 0 unspecified atom stereocenters. The Morgan fingerprint density at radius 2 is 1.86 bits per heavy atom. The summed E-state index contributed by atoms with van der Waals surface area (Å²) in [6, 6.07) is 16.3. The minimum Gasteiger partial charge on any atom is -0.467 e. The molecule has 1 amide bonds. The number of hydrogen-bond acceptors (Lipinski definition) is 3. The fourth-order valence-corrected chi connectivity index (χ4v) is 3.89. The van der Waals surface area contributed by atoms with Crippen LogP contribution in [-0.4, -0.2) is 15.5 Å². The number of aromatic nitrogens is 2. The third-order valence-electron chi connectivity index (χ3n) is 4.85. The summed E-state index contributed by atoms with van der Waals surface area (Å²) in [5.74, 6) is 1.29. The van der Waals surface area contributed by atoms with E-state index in [1.807, 2.05) is 47.9 Å². The van der Waals surface area contributed by atoms with Crippen molar-refractivity contribution >= 4 is 40.1 Å². The van der Waals surface area contributed by atoms with Crippen molar-refractivity contribution in [3.63, 3.8) is 0 Å². The molecule has 0 bridgehead atoms. The first-order valence-electron chi connectivity index (χ1n) is 9.23. The van der Waals surface area contributed by atoms with E-state index in [4.69, 9.17) is 32.6 Å². The number of benzene rings is 2.